The normalized spacial score (nSPS) is 15.2. The molecule has 0 aliphatic carbocycles. The Hall–Kier alpha value is -0.0600. The smallest absolute Gasteiger partial charge is 0.148 e. The average molecular weight is 212 g/mol. The van der Waals surface area contributed by atoms with Gasteiger partial charge in [-0.1, -0.05) is 17.7 Å². The van der Waals surface area contributed by atoms with E-state index in [1.54, 1.807) is 6.08 Å². The van der Waals surface area contributed by atoms with E-state index in [9.17, 15) is 8.42 Å². The highest BCUT2D eigenvalue weighted by Crippen LogP contribution is 1.89. The van der Waals surface area contributed by atoms with Crippen molar-refractivity contribution < 1.29 is 8.42 Å². The molecule has 0 aromatic carbocycles. The second-order valence-electron chi connectivity index (χ2n) is 2.76. The molecule has 0 heterocycles. The van der Waals surface area contributed by atoms with Crippen LogP contribution >= 0.6 is 11.6 Å². The summed E-state index contributed by atoms with van der Waals surface area (Å²) in [5, 5.41) is 2.99. The fourth-order valence-electron chi connectivity index (χ4n) is 0.827. The summed E-state index contributed by atoms with van der Waals surface area (Å²) in [4.78, 5) is 0. The van der Waals surface area contributed by atoms with Gasteiger partial charge >= 0.3 is 0 Å². The molecule has 0 saturated carbocycles. The lowest BCUT2D eigenvalue weighted by Gasteiger charge is -2.09. The Morgan fingerprint density at radius 3 is 2.58 bits per heavy atom. The maximum atomic E-state index is 10.8. The third kappa shape index (κ3) is 8.04. The lowest BCUT2D eigenvalue weighted by Crippen LogP contribution is -2.32. The minimum Gasteiger partial charge on any atom is -0.310 e. The van der Waals surface area contributed by atoms with Crippen molar-refractivity contribution >= 4 is 21.4 Å². The Kier molecular flexibility index (Phi) is 5.53. The number of halogens is 1. The van der Waals surface area contributed by atoms with Crippen molar-refractivity contribution in [2.45, 2.75) is 13.0 Å². The molecule has 0 bridgehead atoms. The highest BCUT2D eigenvalue weighted by atomic mass is 35.5. The van der Waals surface area contributed by atoms with Gasteiger partial charge in [-0.3, -0.25) is 0 Å². The molecule has 0 spiro atoms. The quantitative estimate of drug-likeness (QED) is 0.731. The van der Waals surface area contributed by atoms with Gasteiger partial charge in [0.15, 0.2) is 0 Å². The van der Waals surface area contributed by atoms with Gasteiger partial charge in [-0.25, -0.2) is 8.42 Å². The molecular weight excluding hydrogens is 198 g/mol. The summed E-state index contributed by atoms with van der Waals surface area (Å²) in [6.45, 7) is 2.42. The largest absolute Gasteiger partial charge is 0.310 e. The summed E-state index contributed by atoms with van der Waals surface area (Å²) >= 11 is 5.28. The first-order valence-electron chi connectivity index (χ1n) is 3.62. The number of sulfone groups is 1. The van der Waals surface area contributed by atoms with E-state index >= 15 is 0 Å². The van der Waals surface area contributed by atoms with Crippen LogP contribution in [0.2, 0.25) is 0 Å². The standard InChI is InChI=1S/C7H14ClNO2S/c1-7(6-12(2,10)11)9-5-3-4-8/h3-4,7,9H,5-6H2,1-2H3/b4-3+. The van der Waals surface area contributed by atoms with Gasteiger partial charge in [0.05, 0.1) is 5.75 Å². The van der Waals surface area contributed by atoms with Crippen LogP contribution in [0.1, 0.15) is 6.92 Å². The predicted molar refractivity (Wildman–Crippen MR) is 52.2 cm³/mol. The fraction of sp³-hybridized carbons (Fsp3) is 0.714. The molecular formula is C7H14ClNO2S. The Bertz CT molecular complexity index is 236. The first-order chi connectivity index (χ1) is 5.45. The maximum Gasteiger partial charge on any atom is 0.148 e. The summed E-state index contributed by atoms with van der Waals surface area (Å²) in [7, 11) is -2.88. The zero-order valence-electron chi connectivity index (χ0n) is 7.25. The maximum absolute atomic E-state index is 10.8. The minimum atomic E-state index is -2.88. The Morgan fingerprint density at radius 1 is 1.58 bits per heavy atom. The molecule has 5 heteroatoms. The number of nitrogens with one attached hydrogen (secondary N) is 1. The topological polar surface area (TPSA) is 46.2 Å². The van der Waals surface area contributed by atoms with E-state index in [-0.39, 0.29) is 11.8 Å². The van der Waals surface area contributed by atoms with Crippen molar-refractivity contribution in [3.8, 4) is 0 Å². The number of hydrogen-bond acceptors (Lipinski definition) is 3. The zero-order valence-corrected chi connectivity index (χ0v) is 8.82. The van der Waals surface area contributed by atoms with Crippen molar-refractivity contribution in [2.24, 2.45) is 0 Å². The van der Waals surface area contributed by atoms with Crippen LogP contribution in [0.15, 0.2) is 11.6 Å². The van der Waals surface area contributed by atoms with Crippen LogP contribution in [0.25, 0.3) is 0 Å². The molecule has 12 heavy (non-hydrogen) atoms. The van der Waals surface area contributed by atoms with Crippen LogP contribution in [0.3, 0.4) is 0 Å². The zero-order chi connectivity index (χ0) is 9.61. The second kappa shape index (κ2) is 5.56. The molecule has 3 nitrogen and oxygen atoms in total. The molecule has 0 aromatic rings. The highest BCUT2D eigenvalue weighted by molar-refractivity contribution is 7.90. The lowest BCUT2D eigenvalue weighted by atomic mass is 10.4. The van der Waals surface area contributed by atoms with Gasteiger partial charge in [-0.15, -0.1) is 0 Å². The van der Waals surface area contributed by atoms with E-state index in [2.05, 4.69) is 5.32 Å². The van der Waals surface area contributed by atoms with Gasteiger partial charge in [0, 0.05) is 24.4 Å². The van der Waals surface area contributed by atoms with Gasteiger partial charge < -0.3 is 5.32 Å². The Morgan fingerprint density at radius 2 is 2.17 bits per heavy atom. The molecule has 0 aliphatic rings. The summed E-state index contributed by atoms with van der Waals surface area (Å²) in [5.41, 5.74) is 1.40. The van der Waals surface area contributed by atoms with Gasteiger partial charge in [-0.2, -0.15) is 0 Å². The van der Waals surface area contributed by atoms with Crippen LogP contribution in [0.5, 0.6) is 0 Å². The molecule has 1 atom stereocenters. The Balaban J connectivity index is 3.68. The van der Waals surface area contributed by atoms with E-state index in [1.165, 1.54) is 11.8 Å². The SMILES string of the molecule is CC(CS(C)(=O)=O)NC/C=C/Cl. The van der Waals surface area contributed by atoms with Gasteiger partial charge in [-0.05, 0) is 6.92 Å². The third-order valence-electron chi connectivity index (χ3n) is 1.23. The average Bonchev–Trinajstić information content (AvgIpc) is 1.84. The van der Waals surface area contributed by atoms with E-state index in [1.807, 2.05) is 6.92 Å². The first kappa shape index (κ1) is 11.9. The lowest BCUT2D eigenvalue weighted by molar-refractivity contribution is 0.576. The number of rotatable bonds is 5. The molecule has 0 aliphatic heterocycles. The summed E-state index contributed by atoms with van der Waals surface area (Å²) in [6.07, 6.45) is 2.95. The van der Waals surface area contributed by atoms with E-state index in [0.717, 1.165) is 0 Å². The van der Waals surface area contributed by atoms with Crippen LogP contribution in [-0.2, 0) is 9.84 Å². The molecule has 0 amide bonds. The fourth-order valence-corrected chi connectivity index (χ4v) is 1.94. The van der Waals surface area contributed by atoms with Gasteiger partial charge in [0.2, 0.25) is 0 Å². The molecule has 0 aromatic heterocycles. The molecule has 0 fully saturated rings. The molecule has 1 N–H and O–H groups in total. The van der Waals surface area contributed by atoms with Crippen molar-refractivity contribution in [2.75, 3.05) is 18.6 Å². The first-order valence-corrected chi connectivity index (χ1v) is 6.11. The predicted octanol–water partition coefficient (Wildman–Crippen LogP) is 0.762. The van der Waals surface area contributed by atoms with Gasteiger partial charge in [0.1, 0.15) is 9.84 Å². The van der Waals surface area contributed by atoms with Crippen LogP contribution in [0.4, 0.5) is 0 Å². The highest BCUT2D eigenvalue weighted by Gasteiger charge is 2.08. The second-order valence-corrected chi connectivity index (χ2v) is 5.20. The van der Waals surface area contributed by atoms with Crippen molar-refractivity contribution in [1.82, 2.24) is 5.32 Å². The molecule has 1 unspecified atom stereocenters. The van der Waals surface area contributed by atoms with Gasteiger partial charge in [0.25, 0.3) is 0 Å². The number of hydrogen-bond donors (Lipinski definition) is 1. The van der Waals surface area contributed by atoms with Crippen LogP contribution in [-0.4, -0.2) is 33.0 Å². The molecule has 0 radical (unpaired) electrons. The monoisotopic (exact) mass is 211 g/mol. The minimum absolute atomic E-state index is 0.0344. The van der Waals surface area contributed by atoms with Crippen LogP contribution in [0, 0.1) is 0 Å². The van der Waals surface area contributed by atoms with E-state index < -0.39 is 9.84 Å². The van der Waals surface area contributed by atoms with Crippen molar-refractivity contribution in [3.63, 3.8) is 0 Å². The van der Waals surface area contributed by atoms with Crippen molar-refractivity contribution in [3.05, 3.63) is 11.6 Å². The third-order valence-corrected chi connectivity index (χ3v) is 2.51. The molecule has 0 saturated heterocycles. The molecule has 72 valence electrons. The summed E-state index contributed by atoms with van der Waals surface area (Å²) in [5.74, 6) is 0.156. The summed E-state index contributed by atoms with van der Waals surface area (Å²) in [6, 6.07) is -0.0344. The summed E-state index contributed by atoms with van der Waals surface area (Å²) < 4.78 is 21.6. The van der Waals surface area contributed by atoms with Crippen LogP contribution < -0.4 is 5.32 Å². The van der Waals surface area contributed by atoms with E-state index in [4.69, 9.17) is 11.6 Å². The molecule has 0 rings (SSSR count). The Labute approximate surface area is 78.7 Å². The van der Waals surface area contributed by atoms with Crippen molar-refractivity contribution in [1.29, 1.82) is 0 Å². The van der Waals surface area contributed by atoms with E-state index in [0.29, 0.717) is 6.54 Å².